The third-order valence-electron chi connectivity index (χ3n) is 6.93. The highest BCUT2D eigenvalue weighted by Gasteiger charge is 2.39. The molecule has 5 rings (SSSR count). The summed E-state index contributed by atoms with van der Waals surface area (Å²) in [5, 5.41) is 7.64. The van der Waals surface area contributed by atoms with Crippen LogP contribution in [0.2, 0.25) is 0 Å². The fraction of sp³-hybridized carbons (Fsp3) is 0.538. The molecule has 1 aromatic carbocycles. The zero-order chi connectivity index (χ0) is 29.1. The summed E-state index contributed by atoms with van der Waals surface area (Å²) in [6.07, 6.45) is 2.89. The summed E-state index contributed by atoms with van der Waals surface area (Å²) in [4.78, 5) is 9.80. The number of aromatic nitrogens is 5. The Labute approximate surface area is 238 Å². The van der Waals surface area contributed by atoms with Crippen molar-refractivity contribution < 1.29 is 31.8 Å². The van der Waals surface area contributed by atoms with Gasteiger partial charge < -0.3 is 23.8 Å². The van der Waals surface area contributed by atoms with Crippen LogP contribution in [0.4, 0.5) is 16.3 Å². The summed E-state index contributed by atoms with van der Waals surface area (Å²) in [5.74, 6) is 0.896. The molecule has 13 nitrogen and oxygen atoms in total. The molecule has 15 heteroatoms. The second-order valence-electron chi connectivity index (χ2n) is 10.1. The largest absolute Gasteiger partial charge is 0.494 e. The lowest BCUT2D eigenvalue weighted by Crippen LogP contribution is -2.51. The number of nitrogens with zero attached hydrogens (tertiary/aromatic N) is 6. The number of rotatable bonds is 10. The summed E-state index contributed by atoms with van der Waals surface area (Å²) in [6.45, 7) is 4.73. The molecule has 1 N–H and O–H groups in total. The number of piperidine rings is 1. The molecule has 3 atom stereocenters. The monoisotopic (exact) mass is 591 g/mol. The molecule has 0 spiro atoms. The first kappa shape index (κ1) is 29.0. The van der Waals surface area contributed by atoms with Crippen LogP contribution < -0.4 is 19.1 Å². The zero-order valence-corrected chi connectivity index (χ0v) is 24.2. The lowest BCUT2D eigenvalue weighted by Gasteiger charge is -2.37. The highest BCUT2D eigenvalue weighted by Crippen LogP contribution is 2.39. The average molecular weight is 592 g/mol. The van der Waals surface area contributed by atoms with Crippen LogP contribution in [-0.4, -0.2) is 84.5 Å². The Kier molecular flexibility index (Phi) is 8.56. The molecule has 2 saturated heterocycles. The van der Waals surface area contributed by atoms with Gasteiger partial charge in [-0.1, -0.05) is 6.07 Å². The van der Waals surface area contributed by atoms with Crippen LogP contribution in [-0.2, 0) is 19.5 Å². The van der Waals surface area contributed by atoms with Gasteiger partial charge in [-0.15, -0.1) is 10.2 Å². The Morgan fingerprint density at radius 1 is 1.10 bits per heavy atom. The second kappa shape index (κ2) is 12.1. The first-order valence-electron chi connectivity index (χ1n) is 13.4. The van der Waals surface area contributed by atoms with E-state index in [1.807, 2.05) is 13.8 Å². The van der Waals surface area contributed by atoms with Crippen molar-refractivity contribution in [3.63, 3.8) is 0 Å². The number of nitrogens with one attached hydrogen (secondary N) is 1. The molecular weight excluding hydrogens is 557 g/mol. The van der Waals surface area contributed by atoms with Crippen LogP contribution in [0.3, 0.4) is 0 Å². The summed E-state index contributed by atoms with van der Waals surface area (Å²) in [6, 6.07) is 5.25. The number of hydrogen-bond donors (Lipinski definition) is 1. The van der Waals surface area contributed by atoms with E-state index in [1.54, 1.807) is 27.7 Å². The first-order valence-corrected chi connectivity index (χ1v) is 14.9. The van der Waals surface area contributed by atoms with Gasteiger partial charge in [-0.2, -0.15) is 0 Å². The van der Waals surface area contributed by atoms with Gasteiger partial charge in [0.1, 0.15) is 28.5 Å². The van der Waals surface area contributed by atoms with Crippen molar-refractivity contribution in [2.45, 2.75) is 56.7 Å². The Hall–Kier alpha value is -3.56. The molecule has 0 radical (unpaired) electrons. The van der Waals surface area contributed by atoms with E-state index in [2.05, 4.69) is 24.9 Å². The van der Waals surface area contributed by atoms with Gasteiger partial charge in [0.2, 0.25) is 21.9 Å². The molecule has 0 aliphatic carbocycles. The van der Waals surface area contributed by atoms with Gasteiger partial charge in [0.25, 0.3) is 0 Å². The maximum absolute atomic E-state index is 14.0. The highest BCUT2D eigenvalue weighted by atomic mass is 32.2. The van der Waals surface area contributed by atoms with Crippen LogP contribution in [0.15, 0.2) is 30.6 Å². The molecule has 2 aromatic heterocycles. The average Bonchev–Trinajstić information content (AvgIpc) is 3.62. The predicted octanol–water partition coefficient (Wildman–Crippen LogP) is 2.88. The van der Waals surface area contributed by atoms with Gasteiger partial charge in [-0.25, -0.2) is 22.8 Å². The van der Waals surface area contributed by atoms with Crippen molar-refractivity contribution in [3.8, 4) is 17.2 Å². The summed E-state index contributed by atoms with van der Waals surface area (Å²) in [5.41, 5.74) is 0.441. The molecule has 41 heavy (non-hydrogen) atoms. The summed E-state index contributed by atoms with van der Waals surface area (Å²) >= 11 is 0. The van der Waals surface area contributed by atoms with E-state index in [9.17, 15) is 12.8 Å². The van der Waals surface area contributed by atoms with Gasteiger partial charge in [-0.3, -0.25) is 9.29 Å². The fourth-order valence-corrected chi connectivity index (χ4v) is 6.58. The number of benzene rings is 1. The van der Waals surface area contributed by atoms with Gasteiger partial charge >= 0.3 is 0 Å². The zero-order valence-electron chi connectivity index (χ0n) is 23.4. The van der Waals surface area contributed by atoms with E-state index >= 15 is 0 Å². The van der Waals surface area contributed by atoms with Gasteiger partial charge in [0, 0.05) is 19.7 Å². The Bertz CT molecular complexity index is 1420. The minimum absolute atomic E-state index is 0.0326. The van der Waals surface area contributed by atoms with E-state index in [1.165, 1.54) is 14.2 Å². The number of halogens is 1. The van der Waals surface area contributed by atoms with E-state index in [0.717, 1.165) is 18.8 Å². The molecule has 3 aromatic rings. The normalized spacial score (nSPS) is 21.3. The Balaban J connectivity index is 1.52. The van der Waals surface area contributed by atoms with Crippen molar-refractivity contribution in [2.75, 3.05) is 43.5 Å². The van der Waals surface area contributed by atoms with Crippen LogP contribution in [0, 0.1) is 5.82 Å². The number of ether oxygens (including phenoxy) is 4. The van der Waals surface area contributed by atoms with E-state index in [-0.39, 0.29) is 37.1 Å². The molecule has 0 bridgehead atoms. The molecular formula is C26H34FN7O6S. The lowest BCUT2D eigenvalue weighted by molar-refractivity contribution is 0.00147. The van der Waals surface area contributed by atoms with Crippen LogP contribution >= 0.6 is 0 Å². The third kappa shape index (κ3) is 6.21. The molecule has 2 fully saturated rings. The Morgan fingerprint density at radius 2 is 1.80 bits per heavy atom. The van der Waals surface area contributed by atoms with Crippen molar-refractivity contribution in [2.24, 2.45) is 0 Å². The molecule has 0 saturated carbocycles. The predicted molar refractivity (Wildman–Crippen MR) is 148 cm³/mol. The standard InChI is InChI=1S/C26H34FN7O6S/c1-16(2)40-18-11-19(15-33(14-18)25-28-12-17(27)13-29-25)41(35,36)32-26-31-30-24(22-9-6-10-39-22)34(26)23-20(37-3)7-5-8-21(23)38-4/h5,7-8,12-13,16,18-19,22H,6,9-11,14-15H2,1-4H3,(H,31,32)/t18-,19+,22?/m1/s1. The molecule has 222 valence electrons. The van der Waals surface area contributed by atoms with E-state index in [0.29, 0.717) is 42.6 Å². The molecule has 2 aliphatic heterocycles. The van der Waals surface area contributed by atoms with Gasteiger partial charge in [-0.05, 0) is 45.2 Å². The molecule has 1 unspecified atom stereocenters. The topological polar surface area (TPSA) is 143 Å². The molecule has 2 aliphatic rings. The van der Waals surface area contributed by atoms with Crippen molar-refractivity contribution in [1.29, 1.82) is 0 Å². The number of methoxy groups -OCH3 is 2. The van der Waals surface area contributed by atoms with Crippen molar-refractivity contribution in [1.82, 2.24) is 24.7 Å². The van der Waals surface area contributed by atoms with Crippen LogP contribution in [0.25, 0.3) is 5.69 Å². The smallest absolute Gasteiger partial charge is 0.243 e. The maximum Gasteiger partial charge on any atom is 0.243 e. The fourth-order valence-electron chi connectivity index (χ4n) is 5.18. The first-order chi connectivity index (χ1) is 19.7. The second-order valence-corrected chi connectivity index (χ2v) is 12.1. The van der Waals surface area contributed by atoms with E-state index < -0.39 is 27.2 Å². The van der Waals surface area contributed by atoms with Crippen molar-refractivity contribution >= 4 is 21.9 Å². The quantitative estimate of drug-likeness (QED) is 0.372. The number of anilines is 2. The third-order valence-corrected chi connectivity index (χ3v) is 8.62. The van der Waals surface area contributed by atoms with Crippen molar-refractivity contribution in [3.05, 3.63) is 42.2 Å². The maximum atomic E-state index is 14.0. The number of sulfonamides is 1. The minimum Gasteiger partial charge on any atom is -0.494 e. The molecule has 4 heterocycles. The Morgan fingerprint density at radius 3 is 2.41 bits per heavy atom. The molecule has 0 amide bonds. The lowest BCUT2D eigenvalue weighted by atomic mass is 10.1. The van der Waals surface area contributed by atoms with E-state index in [4.69, 9.17) is 18.9 Å². The van der Waals surface area contributed by atoms with Crippen LogP contribution in [0.5, 0.6) is 11.5 Å². The minimum atomic E-state index is -4.08. The number of para-hydroxylation sites is 1. The number of hydrogen-bond acceptors (Lipinski definition) is 11. The summed E-state index contributed by atoms with van der Waals surface area (Å²) < 4.78 is 68.8. The van der Waals surface area contributed by atoms with Gasteiger partial charge in [0.15, 0.2) is 11.6 Å². The SMILES string of the molecule is COc1cccc(OC)c1-n1c(NS(=O)(=O)[C@H]2C[C@@H](OC(C)C)CN(c3ncc(F)cn3)C2)nnc1C1CCCO1. The van der Waals surface area contributed by atoms with Crippen LogP contribution in [0.1, 0.15) is 45.0 Å². The highest BCUT2D eigenvalue weighted by molar-refractivity contribution is 7.93. The summed E-state index contributed by atoms with van der Waals surface area (Å²) in [7, 11) is -1.05. The van der Waals surface area contributed by atoms with Gasteiger partial charge in [0.05, 0.1) is 38.8 Å².